The molecule has 0 aromatic carbocycles. The molecule has 0 aliphatic heterocycles. The predicted molar refractivity (Wildman–Crippen MR) is 98.7 cm³/mol. The second-order valence-corrected chi connectivity index (χ2v) is 6.35. The lowest BCUT2D eigenvalue weighted by Crippen LogP contribution is -2.12. The molecule has 0 fully saturated rings. The first-order valence-electron chi connectivity index (χ1n) is 9.66. The number of unbranched alkanes of at least 4 members (excludes halogenated alkanes) is 11. The van der Waals surface area contributed by atoms with Crippen LogP contribution >= 0.6 is 0 Å². The van der Waals surface area contributed by atoms with Gasteiger partial charge in [0.2, 0.25) is 0 Å². The largest absolute Gasteiger partial charge is 0.396 e. The van der Waals surface area contributed by atoms with Crippen molar-refractivity contribution in [3.05, 3.63) is 12.2 Å². The summed E-state index contributed by atoms with van der Waals surface area (Å²) >= 11 is 0. The van der Waals surface area contributed by atoms with Crippen LogP contribution in [0.1, 0.15) is 89.9 Å². The fourth-order valence-electron chi connectivity index (χ4n) is 2.81. The number of aliphatic hydroxyl groups excluding tert-OH is 1. The molecule has 0 radical (unpaired) electrons. The third kappa shape index (κ3) is 17.8. The highest BCUT2D eigenvalue weighted by molar-refractivity contribution is 4.80. The second kappa shape index (κ2) is 19.7. The molecule has 0 aromatic rings. The molecule has 0 amide bonds. The summed E-state index contributed by atoms with van der Waals surface area (Å²) in [6.07, 6.45) is 22.1. The van der Waals surface area contributed by atoms with Crippen LogP contribution < -0.4 is 0 Å². The summed E-state index contributed by atoms with van der Waals surface area (Å²) in [6, 6.07) is 0. The minimum Gasteiger partial charge on any atom is -0.396 e. The van der Waals surface area contributed by atoms with Crippen LogP contribution in [0.25, 0.3) is 0 Å². The summed E-state index contributed by atoms with van der Waals surface area (Å²) in [7, 11) is 3.42. The summed E-state index contributed by atoms with van der Waals surface area (Å²) in [4.78, 5) is 0. The number of allylic oxidation sites excluding steroid dienone is 1. The van der Waals surface area contributed by atoms with Crippen LogP contribution in [-0.2, 0) is 9.47 Å². The van der Waals surface area contributed by atoms with Crippen molar-refractivity contribution < 1.29 is 14.6 Å². The Hall–Kier alpha value is -0.380. The Labute approximate surface area is 144 Å². The van der Waals surface area contributed by atoms with Gasteiger partial charge >= 0.3 is 0 Å². The molecule has 0 saturated carbocycles. The molecule has 138 valence electrons. The highest BCUT2D eigenvalue weighted by Gasteiger charge is 2.03. The van der Waals surface area contributed by atoms with E-state index in [0.29, 0.717) is 0 Å². The summed E-state index contributed by atoms with van der Waals surface area (Å²) in [6.45, 7) is 0.275. The molecule has 0 bridgehead atoms. The highest BCUT2D eigenvalue weighted by Crippen LogP contribution is 2.13. The fraction of sp³-hybridized carbons (Fsp3) is 0.900. The van der Waals surface area contributed by atoms with Crippen LogP contribution in [0.4, 0.5) is 0 Å². The van der Waals surface area contributed by atoms with Gasteiger partial charge in [0.1, 0.15) is 0 Å². The van der Waals surface area contributed by atoms with Gasteiger partial charge in [-0.25, -0.2) is 0 Å². The van der Waals surface area contributed by atoms with Crippen molar-refractivity contribution in [1.82, 2.24) is 0 Å². The second-order valence-electron chi connectivity index (χ2n) is 6.35. The molecule has 0 spiro atoms. The van der Waals surface area contributed by atoms with E-state index < -0.39 is 0 Å². The number of ether oxygens (including phenoxy) is 2. The van der Waals surface area contributed by atoms with Crippen LogP contribution in [-0.4, -0.2) is 32.2 Å². The molecule has 0 saturated heterocycles. The van der Waals surface area contributed by atoms with E-state index in [9.17, 15) is 0 Å². The topological polar surface area (TPSA) is 38.7 Å². The third-order valence-electron chi connectivity index (χ3n) is 4.30. The molecule has 0 aromatic heterocycles. The van der Waals surface area contributed by atoms with Crippen LogP contribution in [0.15, 0.2) is 12.2 Å². The minimum atomic E-state index is -0.0137. The lowest BCUT2D eigenvalue weighted by atomic mass is 10.0. The molecule has 0 rings (SSSR count). The van der Waals surface area contributed by atoms with E-state index in [4.69, 9.17) is 14.6 Å². The van der Waals surface area contributed by atoms with E-state index in [1.807, 2.05) is 0 Å². The van der Waals surface area contributed by atoms with Gasteiger partial charge < -0.3 is 14.6 Å². The quantitative estimate of drug-likeness (QED) is 0.202. The van der Waals surface area contributed by atoms with Gasteiger partial charge in [0.05, 0.1) is 0 Å². The highest BCUT2D eigenvalue weighted by atomic mass is 16.7. The average molecular weight is 329 g/mol. The smallest absolute Gasteiger partial charge is 0.156 e. The molecule has 3 nitrogen and oxygen atoms in total. The Morgan fingerprint density at radius 3 is 1.57 bits per heavy atom. The van der Waals surface area contributed by atoms with Crippen LogP contribution in [0.2, 0.25) is 0 Å². The molecular weight excluding hydrogens is 288 g/mol. The van der Waals surface area contributed by atoms with E-state index >= 15 is 0 Å². The number of hydrogen-bond donors (Lipinski definition) is 1. The molecule has 0 aliphatic carbocycles. The number of aliphatic hydroxyl groups is 1. The Morgan fingerprint density at radius 2 is 1.09 bits per heavy atom. The lowest BCUT2D eigenvalue weighted by Gasteiger charge is -2.12. The Morgan fingerprint density at radius 1 is 0.652 bits per heavy atom. The minimum absolute atomic E-state index is 0.0137. The lowest BCUT2D eigenvalue weighted by molar-refractivity contribution is -0.107. The number of methoxy groups -OCH3 is 2. The summed E-state index contributed by atoms with van der Waals surface area (Å²) in [5.41, 5.74) is 0. The standard InChI is InChI=1S/C20H40O3/c1-22-20(23-2)18-16-14-12-10-8-6-4-3-5-7-9-11-13-15-17-19-21/h13,15,20-21H,3-12,14,16-19H2,1-2H3/b15-13-. The SMILES string of the molecule is COC(CCCCCCCCCCCCC/C=C\CCO)OC. The molecule has 3 heteroatoms. The van der Waals surface area contributed by atoms with Crippen LogP contribution in [0, 0.1) is 0 Å². The van der Waals surface area contributed by atoms with Crippen LogP contribution in [0.3, 0.4) is 0 Å². The van der Waals surface area contributed by atoms with Crippen molar-refractivity contribution in [3.63, 3.8) is 0 Å². The molecule has 0 atom stereocenters. The van der Waals surface area contributed by atoms with Crippen molar-refractivity contribution >= 4 is 0 Å². The summed E-state index contributed by atoms with van der Waals surface area (Å²) in [5, 5.41) is 8.65. The average Bonchev–Trinajstić information content (AvgIpc) is 2.58. The number of hydrogen-bond acceptors (Lipinski definition) is 3. The van der Waals surface area contributed by atoms with Gasteiger partial charge in [0, 0.05) is 20.8 Å². The fourth-order valence-corrected chi connectivity index (χ4v) is 2.81. The predicted octanol–water partition coefficient (Wildman–Crippen LogP) is 5.62. The van der Waals surface area contributed by atoms with Gasteiger partial charge in [-0.15, -0.1) is 0 Å². The maximum Gasteiger partial charge on any atom is 0.156 e. The van der Waals surface area contributed by atoms with E-state index in [2.05, 4.69) is 12.2 Å². The Bertz CT molecular complexity index is 237. The van der Waals surface area contributed by atoms with E-state index in [1.54, 1.807) is 14.2 Å². The van der Waals surface area contributed by atoms with Gasteiger partial charge in [-0.2, -0.15) is 0 Å². The maximum absolute atomic E-state index is 8.65. The normalized spacial score (nSPS) is 11.8. The zero-order valence-electron chi connectivity index (χ0n) is 15.6. The van der Waals surface area contributed by atoms with Crippen molar-refractivity contribution in [2.75, 3.05) is 20.8 Å². The van der Waals surface area contributed by atoms with Crippen LogP contribution in [0.5, 0.6) is 0 Å². The van der Waals surface area contributed by atoms with Gasteiger partial charge in [0.25, 0.3) is 0 Å². The van der Waals surface area contributed by atoms with E-state index in [0.717, 1.165) is 12.8 Å². The first kappa shape index (κ1) is 22.6. The van der Waals surface area contributed by atoms with Crippen molar-refractivity contribution in [3.8, 4) is 0 Å². The van der Waals surface area contributed by atoms with Gasteiger partial charge in [-0.05, 0) is 32.1 Å². The monoisotopic (exact) mass is 328 g/mol. The summed E-state index contributed by atoms with van der Waals surface area (Å²) in [5.74, 6) is 0. The molecule has 0 unspecified atom stereocenters. The Balaban J connectivity index is 3.08. The van der Waals surface area contributed by atoms with Crippen molar-refractivity contribution in [2.24, 2.45) is 0 Å². The Kier molecular flexibility index (Phi) is 19.3. The van der Waals surface area contributed by atoms with Crippen molar-refractivity contribution in [1.29, 1.82) is 0 Å². The molecular formula is C20H40O3. The third-order valence-corrected chi connectivity index (χ3v) is 4.30. The van der Waals surface area contributed by atoms with Crippen molar-refractivity contribution in [2.45, 2.75) is 96.2 Å². The van der Waals surface area contributed by atoms with Gasteiger partial charge in [0.15, 0.2) is 6.29 Å². The zero-order valence-corrected chi connectivity index (χ0v) is 15.6. The summed E-state index contributed by atoms with van der Waals surface area (Å²) < 4.78 is 10.4. The van der Waals surface area contributed by atoms with E-state index in [-0.39, 0.29) is 12.9 Å². The first-order valence-corrected chi connectivity index (χ1v) is 9.66. The first-order chi connectivity index (χ1) is 11.3. The molecule has 0 heterocycles. The number of rotatable bonds is 18. The molecule has 0 aliphatic rings. The van der Waals surface area contributed by atoms with Gasteiger partial charge in [-0.1, -0.05) is 69.9 Å². The molecule has 23 heavy (non-hydrogen) atoms. The maximum atomic E-state index is 8.65. The molecule has 1 N–H and O–H groups in total. The van der Waals surface area contributed by atoms with E-state index in [1.165, 1.54) is 77.0 Å². The van der Waals surface area contributed by atoms with Gasteiger partial charge in [-0.3, -0.25) is 0 Å². The zero-order chi connectivity index (χ0) is 17.0.